The lowest BCUT2D eigenvalue weighted by molar-refractivity contribution is -0.120. The van der Waals surface area contributed by atoms with Crippen LogP contribution in [0.4, 0.5) is 10.8 Å². The zero-order chi connectivity index (χ0) is 21.4. The van der Waals surface area contributed by atoms with Crippen LogP contribution in [-0.2, 0) is 4.79 Å². The van der Waals surface area contributed by atoms with E-state index in [0.29, 0.717) is 11.6 Å². The number of aryl methyl sites for hydroxylation is 1. The molecule has 0 aliphatic carbocycles. The van der Waals surface area contributed by atoms with Gasteiger partial charge in [-0.05, 0) is 50.1 Å². The number of carbonyl (C=O) groups excluding carboxylic acids is 1. The van der Waals surface area contributed by atoms with Crippen molar-refractivity contribution in [3.05, 3.63) is 65.3 Å². The van der Waals surface area contributed by atoms with Crippen LogP contribution in [0.15, 0.2) is 54.6 Å². The normalized spacial score (nSPS) is 16.6. The fraction of sp³-hybridized carbons (Fsp3) is 0.261. The van der Waals surface area contributed by atoms with Gasteiger partial charge in [-0.3, -0.25) is 4.79 Å². The Morgan fingerprint density at radius 1 is 1.19 bits per heavy atom. The number of thiazole rings is 1. The summed E-state index contributed by atoms with van der Waals surface area (Å²) in [6.07, 6.45) is 1.82. The molecule has 6 nitrogen and oxygen atoms in total. The molecule has 0 bridgehead atoms. The number of amides is 1. The lowest BCUT2D eigenvalue weighted by Crippen LogP contribution is -2.40. The van der Waals surface area contributed by atoms with Crippen LogP contribution in [0.3, 0.4) is 0 Å². The second-order valence-electron chi connectivity index (χ2n) is 7.77. The molecule has 5 rings (SSSR count). The van der Waals surface area contributed by atoms with E-state index in [4.69, 9.17) is 16.6 Å². The molecule has 0 spiro atoms. The number of piperidine rings is 1. The van der Waals surface area contributed by atoms with Crippen molar-refractivity contribution in [3.63, 3.8) is 0 Å². The summed E-state index contributed by atoms with van der Waals surface area (Å²) in [4.78, 5) is 20.0. The average Bonchev–Trinajstić information content (AvgIpc) is 3.35. The number of anilines is 2. The molecular formula is C23H22ClN5OS. The van der Waals surface area contributed by atoms with Crippen molar-refractivity contribution in [1.82, 2.24) is 14.8 Å². The van der Waals surface area contributed by atoms with Crippen LogP contribution < -0.4 is 10.2 Å². The first-order valence-electron chi connectivity index (χ1n) is 10.3. The van der Waals surface area contributed by atoms with Crippen molar-refractivity contribution >= 4 is 50.0 Å². The first-order chi connectivity index (χ1) is 15.1. The number of halogens is 1. The van der Waals surface area contributed by atoms with E-state index in [9.17, 15) is 4.79 Å². The molecule has 31 heavy (non-hydrogen) atoms. The summed E-state index contributed by atoms with van der Waals surface area (Å²) in [6, 6.07) is 17.3. The van der Waals surface area contributed by atoms with Crippen LogP contribution in [0.2, 0.25) is 5.02 Å². The van der Waals surface area contributed by atoms with E-state index >= 15 is 0 Å². The summed E-state index contributed by atoms with van der Waals surface area (Å²) in [6.45, 7) is 3.57. The molecule has 0 radical (unpaired) electrons. The Morgan fingerprint density at radius 3 is 2.84 bits per heavy atom. The quantitative estimate of drug-likeness (QED) is 0.457. The number of hydrogen-bond acceptors (Lipinski definition) is 5. The molecule has 1 aliphatic heterocycles. The van der Waals surface area contributed by atoms with Crippen LogP contribution in [0.1, 0.15) is 18.5 Å². The second kappa shape index (κ2) is 8.32. The number of para-hydroxylation sites is 1. The number of nitrogens with one attached hydrogen (secondary N) is 1. The van der Waals surface area contributed by atoms with Crippen molar-refractivity contribution in [2.45, 2.75) is 19.8 Å². The number of rotatable bonds is 4. The van der Waals surface area contributed by atoms with Gasteiger partial charge in [0.1, 0.15) is 0 Å². The SMILES string of the molecule is Cc1nn(-c2ccccc2)c2nc(N3CCC[C@@H](C(=O)Nc4cccc(Cl)c4)C3)sc12. The maximum atomic E-state index is 12.9. The zero-order valence-electron chi connectivity index (χ0n) is 17.1. The molecule has 1 aliphatic rings. The minimum atomic E-state index is -0.0912. The van der Waals surface area contributed by atoms with Crippen molar-refractivity contribution in [2.75, 3.05) is 23.3 Å². The van der Waals surface area contributed by atoms with Crippen LogP contribution in [0.5, 0.6) is 0 Å². The predicted molar refractivity (Wildman–Crippen MR) is 126 cm³/mol. The highest BCUT2D eigenvalue weighted by molar-refractivity contribution is 7.22. The summed E-state index contributed by atoms with van der Waals surface area (Å²) < 4.78 is 2.99. The fourth-order valence-electron chi connectivity index (χ4n) is 3.98. The van der Waals surface area contributed by atoms with Gasteiger partial charge < -0.3 is 10.2 Å². The third-order valence-electron chi connectivity index (χ3n) is 5.53. The number of carbonyl (C=O) groups is 1. The van der Waals surface area contributed by atoms with Gasteiger partial charge in [0.2, 0.25) is 5.91 Å². The molecule has 3 heterocycles. The molecule has 1 saturated heterocycles. The highest BCUT2D eigenvalue weighted by atomic mass is 35.5. The number of aromatic nitrogens is 3. The Morgan fingerprint density at radius 2 is 2.03 bits per heavy atom. The monoisotopic (exact) mass is 451 g/mol. The minimum absolute atomic E-state index is 0.0275. The van der Waals surface area contributed by atoms with Crippen molar-refractivity contribution < 1.29 is 4.79 Å². The van der Waals surface area contributed by atoms with Gasteiger partial charge in [-0.1, -0.05) is 47.2 Å². The van der Waals surface area contributed by atoms with Gasteiger partial charge in [0.15, 0.2) is 10.8 Å². The van der Waals surface area contributed by atoms with E-state index in [-0.39, 0.29) is 11.8 Å². The third-order valence-corrected chi connectivity index (χ3v) is 6.98. The van der Waals surface area contributed by atoms with Gasteiger partial charge >= 0.3 is 0 Å². The Balaban J connectivity index is 1.37. The molecule has 2 aromatic heterocycles. The molecule has 1 N–H and O–H groups in total. The molecule has 2 aromatic carbocycles. The van der Waals surface area contributed by atoms with Gasteiger partial charge in [0.25, 0.3) is 0 Å². The highest BCUT2D eigenvalue weighted by Gasteiger charge is 2.28. The molecule has 1 amide bonds. The Bertz CT molecular complexity index is 1240. The Kier molecular flexibility index (Phi) is 5.38. The summed E-state index contributed by atoms with van der Waals surface area (Å²) in [5, 5.41) is 9.24. The van der Waals surface area contributed by atoms with Crippen LogP contribution in [0.25, 0.3) is 16.0 Å². The maximum absolute atomic E-state index is 12.9. The first kappa shape index (κ1) is 20.0. The molecule has 1 fully saturated rings. The van der Waals surface area contributed by atoms with E-state index in [1.165, 1.54) is 0 Å². The predicted octanol–water partition coefficient (Wildman–Crippen LogP) is 5.30. The van der Waals surface area contributed by atoms with Crippen molar-refractivity contribution in [3.8, 4) is 5.69 Å². The van der Waals surface area contributed by atoms with Gasteiger partial charge in [-0.15, -0.1) is 0 Å². The Labute approximate surface area is 189 Å². The number of nitrogens with zero attached hydrogens (tertiary/aromatic N) is 4. The lowest BCUT2D eigenvalue weighted by atomic mass is 9.97. The highest BCUT2D eigenvalue weighted by Crippen LogP contribution is 2.34. The van der Waals surface area contributed by atoms with Gasteiger partial charge in [0, 0.05) is 23.8 Å². The summed E-state index contributed by atoms with van der Waals surface area (Å²) >= 11 is 7.69. The molecule has 0 saturated carbocycles. The lowest BCUT2D eigenvalue weighted by Gasteiger charge is -2.31. The standard InChI is InChI=1S/C23H22ClN5OS/c1-15-20-21(29(27-15)19-10-3-2-4-11-19)26-23(31-20)28-12-6-7-16(14-28)22(30)25-18-9-5-8-17(24)13-18/h2-5,8-11,13,16H,6-7,12,14H2,1H3,(H,25,30)/t16-/m1/s1. The number of benzene rings is 2. The minimum Gasteiger partial charge on any atom is -0.347 e. The largest absolute Gasteiger partial charge is 0.347 e. The van der Waals surface area contributed by atoms with Crippen LogP contribution in [-0.4, -0.2) is 33.8 Å². The zero-order valence-corrected chi connectivity index (χ0v) is 18.7. The average molecular weight is 452 g/mol. The summed E-state index contributed by atoms with van der Waals surface area (Å²) in [7, 11) is 0. The van der Waals surface area contributed by atoms with Crippen LogP contribution in [0, 0.1) is 12.8 Å². The van der Waals surface area contributed by atoms with Crippen LogP contribution >= 0.6 is 22.9 Å². The first-order valence-corrected chi connectivity index (χ1v) is 11.5. The maximum Gasteiger partial charge on any atom is 0.229 e. The van der Waals surface area contributed by atoms with E-state index in [2.05, 4.69) is 15.3 Å². The number of fused-ring (bicyclic) bond motifs is 1. The molecule has 8 heteroatoms. The molecule has 4 aromatic rings. The fourth-order valence-corrected chi connectivity index (χ4v) is 5.19. The van der Waals surface area contributed by atoms with Crippen molar-refractivity contribution in [1.29, 1.82) is 0 Å². The third kappa shape index (κ3) is 4.03. The summed E-state index contributed by atoms with van der Waals surface area (Å²) in [5.74, 6) is -0.0637. The van der Waals surface area contributed by atoms with E-state index in [0.717, 1.165) is 51.9 Å². The molecule has 0 unspecified atom stereocenters. The van der Waals surface area contributed by atoms with Crippen molar-refractivity contribution in [2.24, 2.45) is 5.92 Å². The van der Waals surface area contributed by atoms with Gasteiger partial charge in [-0.2, -0.15) is 10.1 Å². The molecule has 158 valence electrons. The smallest absolute Gasteiger partial charge is 0.229 e. The number of hydrogen-bond donors (Lipinski definition) is 1. The second-order valence-corrected chi connectivity index (χ2v) is 9.18. The summed E-state index contributed by atoms with van der Waals surface area (Å²) in [5.41, 5.74) is 3.56. The van der Waals surface area contributed by atoms with E-state index in [1.807, 2.05) is 54.1 Å². The topological polar surface area (TPSA) is 63.1 Å². The van der Waals surface area contributed by atoms with E-state index in [1.54, 1.807) is 23.5 Å². The van der Waals surface area contributed by atoms with E-state index < -0.39 is 0 Å². The Hall–Kier alpha value is -2.90. The molecular weight excluding hydrogens is 430 g/mol. The van der Waals surface area contributed by atoms with Gasteiger partial charge in [0.05, 0.1) is 22.0 Å². The van der Waals surface area contributed by atoms with Gasteiger partial charge in [-0.25, -0.2) is 4.68 Å². The molecule has 1 atom stereocenters.